The lowest BCUT2D eigenvalue weighted by atomic mass is 10.1. The van der Waals surface area contributed by atoms with Crippen molar-refractivity contribution in [2.24, 2.45) is 5.73 Å². The van der Waals surface area contributed by atoms with Crippen molar-refractivity contribution in [2.45, 2.75) is 18.9 Å². The predicted octanol–water partition coefficient (Wildman–Crippen LogP) is 1.25. The molecule has 0 saturated carbocycles. The molecule has 1 aliphatic heterocycles. The molecule has 0 aromatic carbocycles. The number of aromatic nitrogens is 1. The van der Waals surface area contributed by atoms with E-state index in [9.17, 15) is 0 Å². The lowest BCUT2D eigenvalue weighted by Crippen LogP contribution is -2.10. The molecule has 1 aliphatic rings. The van der Waals surface area contributed by atoms with E-state index >= 15 is 0 Å². The van der Waals surface area contributed by atoms with Crippen LogP contribution >= 0.6 is 0 Å². The van der Waals surface area contributed by atoms with Crippen molar-refractivity contribution in [3.8, 4) is 5.75 Å². The molecule has 2 heterocycles. The van der Waals surface area contributed by atoms with E-state index in [1.165, 1.54) is 0 Å². The monoisotopic (exact) mass is 164 g/mol. The first-order valence-electron chi connectivity index (χ1n) is 4.21. The Balaban J connectivity index is 2.39. The van der Waals surface area contributed by atoms with Crippen molar-refractivity contribution >= 4 is 0 Å². The molecule has 0 saturated heterocycles. The highest BCUT2D eigenvalue weighted by molar-refractivity contribution is 5.29. The molecule has 1 atom stereocenters. The predicted molar refractivity (Wildman–Crippen MR) is 45.9 cm³/mol. The van der Waals surface area contributed by atoms with Crippen molar-refractivity contribution < 1.29 is 4.74 Å². The number of rotatable bonds is 0. The fourth-order valence-electron chi connectivity index (χ4n) is 1.43. The number of fused-ring (bicyclic) bond motifs is 1. The van der Waals surface area contributed by atoms with Gasteiger partial charge in [-0.1, -0.05) is 0 Å². The zero-order chi connectivity index (χ0) is 8.39. The Morgan fingerprint density at radius 2 is 2.50 bits per heavy atom. The summed E-state index contributed by atoms with van der Waals surface area (Å²) >= 11 is 0. The van der Waals surface area contributed by atoms with Gasteiger partial charge in [-0.15, -0.1) is 0 Å². The highest BCUT2D eigenvalue weighted by Gasteiger charge is 2.16. The van der Waals surface area contributed by atoms with E-state index in [0.29, 0.717) is 0 Å². The standard InChI is InChI=1S/C9H12N2O/c10-7-3-2-6-12-8-4-1-5-11-9(7)8/h1,4-5,7H,2-3,6,10H2. The first-order valence-corrected chi connectivity index (χ1v) is 4.21. The van der Waals surface area contributed by atoms with Crippen molar-refractivity contribution in [1.29, 1.82) is 0 Å². The number of nitrogens with two attached hydrogens (primary N) is 1. The summed E-state index contributed by atoms with van der Waals surface area (Å²) < 4.78 is 5.48. The lowest BCUT2D eigenvalue weighted by molar-refractivity contribution is 0.315. The van der Waals surface area contributed by atoms with Crippen LogP contribution in [0.1, 0.15) is 24.6 Å². The van der Waals surface area contributed by atoms with Crippen LogP contribution in [0.15, 0.2) is 18.3 Å². The molecule has 2 N–H and O–H groups in total. The van der Waals surface area contributed by atoms with Crippen molar-refractivity contribution in [3.05, 3.63) is 24.0 Å². The highest BCUT2D eigenvalue weighted by Crippen LogP contribution is 2.26. The van der Waals surface area contributed by atoms with Crippen LogP contribution in [0, 0.1) is 0 Å². The number of hydrogen-bond acceptors (Lipinski definition) is 3. The molecule has 0 aliphatic carbocycles. The first-order chi connectivity index (χ1) is 5.88. The van der Waals surface area contributed by atoms with Gasteiger partial charge in [-0.25, -0.2) is 0 Å². The molecule has 0 bridgehead atoms. The van der Waals surface area contributed by atoms with Gasteiger partial charge >= 0.3 is 0 Å². The second-order valence-electron chi connectivity index (χ2n) is 2.98. The van der Waals surface area contributed by atoms with E-state index in [4.69, 9.17) is 10.5 Å². The SMILES string of the molecule is NC1CCCOc2cccnc21. The van der Waals surface area contributed by atoms with Crippen LogP contribution in [0.5, 0.6) is 5.75 Å². The van der Waals surface area contributed by atoms with Crippen molar-refractivity contribution in [2.75, 3.05) is 6.61 Å². The van der Waals surface area contributed by atoms with E-state index < -0.39 is 0 Å². The Morgan fingerprint density at radius 1 is 1.58 bits per heavy atom. The molecule has 64 valence electrons. The molecular formula is C9H12N2O. The number of pyridine rings is 1. The zero-order valence-corrected chi connectivity index (χ0v) is 6.86. The average Bonchev–Trinajstić information content (AvgIpc) is 2.29. The number of ether oxygens (including phenoxy) is 1. The summed E-state index contributed by atoms with van der Waals surface area (Å²) in [6, 6.07) is 3.84. The summed E-state index contributed by atoms with van der Waals surface area (Å²) in [5.41, 5.74) is 6.80. The summed E-state index contributed by atoms with van der Waals surface area (Å²) in [4.78, 5) is 4.21. The Morgan fingerprint density at radius 3 is 3.42 bits per heavy atom. The van der Waals surface area contributed by atoms with Gasteiger partial charge in [0.05, 0.1) is 18.3 Å². The van der Waals surface area contributed by atoms with Gasteiger partial charge in [0.1, 0.15) is 5.75 Å². The summed E-state index contributed by atoms with van der Waals surface area (Å²) in [5, 5.41) is 0. The van der Waals surface area contributed by atoms with Crippen LogP contribution in [0.4, 0.5) is 0 Å². The highest BCUT2D eigenvalue weighted by atomic mass is 16.5. The maximum absolute atomic E-state index is 5.90. The van der Waals surface area contributed by atoms with E-state index in [1.54, 1.807) is 6.20 Å². The Labute approximate surface area is 71.6 Å². The van der Waals surface area contributed by atoms with Crippen LogP contribution in [0.25, 0.3) is 0 Å². The minimum atomic E-state index is 0.0451. The molecule has 2 rings (SSSR count). The molecule has 3 heteroatoms. The van der Waals surface area contributed by atoms with Gasteiger partial charge in [-0.3, -0.25) is 4.98 Å². The van der Waals surface area contributed by atoms with Crippen LogP contribution in [-0.4, -0.2) is 11.6 Å². The first kappa shape index (κ1) is 7.55. The van der Waals surface area contributed by atoms with Crippen LogP contribution in [0.2, 0.25) is 0 Å². The van der Waals surface area contributed by atoms with Gasteiger partial charge in [0.25, 0.3) is 0 Å². The van der Waals surface area contributed by atoms with Gasteiger partial charge in [-0.2, -0.15) is 0 Å². The largest absolute Gasteiger partial charge is 0.492 e. The average molecular weight is 164 g/mol. The van der Waals surface area contributed by atoms with Crippen LogP contribution < -0.4 is 10.5 Å². The third kappa shape index (κ3) is 1.28. The van der Waals surface area contributed by atoms with Gasteiger partial charge < -0.3 is 10.5 Å². The van der Waals surface area contributed by atoms with Crippen molar-refractivity contribution in [3.63, 3.8) is 0 Å². The fraction of sp³-hybridized carbons (Fsp3) is 0.444. The van der Waals surface area contributed by atoms with E-state index in [1.807, 2.05) is 12.1 Å². The van der Waals surface area contributed by atoms with Crippen LogP contribution in [-0.2, 0) is 0 Å². The minimum Gasteiger partial charge on any atom is -0.492 e. The quantitative estimate of drug-likeness (QED) is 0.627. The molecule has 0 amide bonds. The number of hydrogen-bond donors (Lipinski definition) is 1. The normalized spacial score (nSPS) is 22.2. The maximum Gasteiger partial charge on any atom is 0.142 e. The molecule has 0 radical (unpaired) electrons. The number of nitrogens with zero attached hydrogens (tertiary/aromatic N) is 1. The van der Waals surface area contributed by atoms with Gasteiger partial charge in [0, 0.05) is 6.20 Å². The molecule has 1 aromatic rings. The molecular weight excluding hydrogens is 152 g/mol. The van der Waals surface area contributed by atoms with Gasteiger partial charge in [-0.05, 0) is 25.0 Å². The summed E-state index contributed by atoms with van der Waals surface area (Å²) in [6.07, 6.45) is 3.73. The maximum atomic E-state index is 5.90. The van der Waals surface area contributed by atoms with Gasteiger partial charge in [0.15, 0.2) is 0 Å². The van der Waals surface area contributed by atoms with E-state index in [0.717, 1.165) is 30.9 Å². The summed E-state index contributed by atoms with van der Waals surface area (Å²) in [7, 11) is 0. The van der Waals surface area contributed by atoms with E-state index in [2.05, 4.69) is 4.98 Å². The third-order valence-corrected chi connectivity index (χ3v) is 2.07. The Hall–Kier alpha value is -1.09. The molecule has 3 nitrogen and oxygen atoms in total. The molecule has 0 fully saturated rings. The fourth-order valence-corrected chi connectivity index (χ4v) is 1.43. The summed E-state index contributed by atoms with van der Waals surface area (Å²) in [5.74, 6) is 0.850. The molecule has 1 unspecified atom stereocenters. The van der Waals surface area contributed by atoms with Crippen molar-refractivity contribution in [1.82, 2.24) is 4.98 Å². The topological polar surface area (TPSA) is 48.1 Å². The Bertz CT molecular complexity index is 275. The Kier molecular flexibility index (Phi) is 1.96. The molecule has 12 heavy (non-hydrogen) atoms. The van der Waals surface area contributed by atoms with E-state index in [-0.39, 0.29) is 6.04 Å². The van der Waals surface area contributed by atoms with Crippen LogP contribution in [0.3, 0.4) is 0 Å². The lowest BCUT2D eigenvalue weighted by Gasteiger charge is -2.08. The minimum absolute atomic E-state index is 0.0451. The molecule has 0 spiro atoms. The van der Waals surface area contributed by atoms with Gasteiger partial charge in [0.2, 0.25) is 0 Å². The second-order valence-corrected chi connectivity index (χ2v) is 2.98. The molecule has 1 aromatic heterocycles. The zero-order valence-electron chi connectivity index (χ0n) is 6.86. The summed E-state index contributed by atoms with van der Waals surface area (Å²) in [6.45, 7) is 0.756. The smallest absolute Gasteiger partial charge is 0.142 e. The third-order valence-electron chi connectivity index (χ3n) is 2.07. The second kappa shape index (κ2) is 3.11.